The van der Waals surface area contributed by atoms with Gasteiger partial charge in [-0.25, -0.2) is 0 Å². The molecule has 1 amide bonds. The summed E-state index contributed by atoms with van der Waals surface area (Å²) in [6, 6.07) is 5.90. The Morgan fingerprint density at radius 3 is 2.38 bits per heavy atom. The summed E-state index contributed by atoms with van der Waals surface area (Å²) in [6.07, 6.45) is 4.92. The number of aliphatic hydroxyl groups is 1. The van der Waals surface area contributed by atoms with Gasteiger partial charge in [0.2, 0.25) is 5.91 Å². The van der Waals surface area contributed by atoms with E-state index in [0.717, 1.165) is 37.7 Å². The molecule has 0 spiro atoms. The lowest BCUT2D eigenvalue weighted by molar-refractivity contribution is -0.208. The summed E-state index contributed by atoms with van der Waals surface area (Å²) in [5.41, 5.74) is -0.00392. The van der Waals surface area contributed by atoms with Crippen molar-refractivity contribution >= 4 is 29.1 Å². The molecule has 1 N–H and O–H groups in total. The van der Waals surface area contributed by atoms with Crippen molar-refractivity contribution in [2.45, 2.75) is 63.6 Å². The van der Waals surface area contributed by atoms with Gasteiger partial charge in [0.25, 0.3) is 0 Å². The van der Waals surface area contributed by atoms with Crippen molar-refractivity contribution < 1.29 is 9.90 Å². The number of carbonyl (C=O) groups is 1. The van der Waals surface area contributed by atoms with Crippen molar-refractivity contribution in [1.82, 2.24) is 4.90 Å². The van der Waals surface area contributed by atoms with Crippen molar-refractivity contribution in [3.05, 3.63) is 33.8 Å². The number of hydrogen-bond acceptors (Lipinski definition) is 2. The molecule has 4 saturated carbocycles. The number of carbonyl (C=O) groups excluding carboxylic acids is 1. The van der Waals surface area contributed by atoms with Gasteiger partial charge >= 0.3 is 0 Å². The molecule has 5 aliphatic rings. The number of halogens is 2. The molecule has 4 aliphatic carbocycles. The average molecular weight is 394 g/mol. The number of nitrogens with zero attached hydrogens (tertiary/aromatic N) is 1. The van der Waals surface area contributed by atoms with Crippen molar-refractivity contribution in [2.75, 3.05) is 0 Å². The minimum atomic E-state index is -0.486. The summed E-state index contributed by atoms with van der Waals surface area (Å²) < 4.78 is 0. The van der Waals surface area contributed by atoms with E-state index >= 15 is 0 Å². The maximum Gasteiger partial charge on any atom is 0.231 e. The molecule has 3 unspecified atom stereocenters. The molecule has 1 aliphatic heterocycles. The maximum absolute atomic E-state index is 13.2. The summed E-state index contributed by atoms with van der Waals surface area (Å²) in [5, 5.41) is 12.0. The zero-order valence-corrected chi connectivity index (χ0v) is 16.7. The van der Waals surface area contributed by atoms with Gasteiger partial charge in [0.15, 0.2) is 0 Å². The Morgan fingerprint density at radius 1 is 1.12 bits per heavy atom. The van der Waals surface area contributed by atoms with Crippen LogP contribution in [0.15, 0.2) is 18.2 Å². The van der Waals surface area contributed by atoms with Crippen LogP contribution in [0.1, 0.15) is 57.6 Å². The number of benzene rings is 1. The molecule has 3 atom stereocenters. The second kappa shape index (κ2) is 5.40. The first-order chi connectivity index (χ1) is 12.2. The van der Waals surface area contributed by atoms with Gasteiger partial charge in [0.05, 0.1) is 27.1 Å². The lowest BCUT2D eigenvalue weighted by Crippen LogP contribution is -2.71. The highest BCUT2D eigenvalue weighted by molar-refractivity contribution is 6.42. The Hall–Kier alpha value is -0.770. The highest BCUT2D eigenvalue weighted by Gasteiger charge is 2.64. The lowest BCUT2D eigenvalue weighted by atomic mass is 9.50. The molecule has 1 aromatic carbocycles. The summed E-state index contributed by atoms with van der Waals surface area (Å²) >= 11 is 12.8. The van der Waals surface area contributed by atoms with E-state index in [2.05, 4.69) is 4.90 Å². The molecule has 4 bridgehead atoms. The minimum absolute atomic E-state index is 0.0432. The molecule has 26 heavy (non-hydrogen) atoms. The first-order valence-corrected chi connectivity index (χ1v) is 10.5. The van der Waals surface area contributed by atoms with Crippen LogP contribution in [-0.2, 0) is 4.79 Å². The normalized spacial score (nSPS) is 42.9. The maximum atomic E-state index is 13.2. The lowest BCUT2D eigenvalue weighted by Gasteiger charge is -2.66. The van der Waals surface area contributed by atoms with Gasteiger partial charge in [-0.15, -0.1) is 0 Å². The Labute approximate surface area is 164 Å². The minimum Gasteiger partial charge on any atom is -0.390 e. The van der Waals surface area contributed by atoms with Crippen molar-refractivity contribution in [1.29, 1.82) is 0 Å². The third-order valence-electron chi connectivity index (χ3n) is 7.54. The van der Waals surface area contributed by atoms with Crippen LogP contribution >= 0.6 is 23.2 Å². The van der Waals surface area contributed by atoms with Gasteiger partial charge in [0.1, 0.15) is 0 Å². The van der Waals surface area contributed by atoms with Crippen LogP contribution in [0, 0.1) is 23.2 Å². The molecule has 5 fully saturated rings. The van der Waals surface area contributed by atoms with Crippen LogP contribution in [0.5, 0.6) is 0 Å². The highest BCUT2D eigenvalue weighted by Crippen LogP contribution is 2.62. The van der Waals surface area contributed by atoms with Gasteiger partial charge in [-0.1, -0.05) is 35.3 Å². The monoisotopic (exact) mass is 393 g/mol. The van der Waals surface area contributed by atoms with Crippen molar-refractivity contribution in [3.63, 3.8) is 0 Å². The van der Waals surface area contributed by atoms with Crippen LogP contribution in [-0.4, -0.2) is 27.6 Å². The quantitative estimate of drug-likeness (QED) is 0.729. The zero-order valence-electron chi connectivity index (χ0n) is 15.2. The first kappa shape index (κ1) is 17.3. The SMILES string of the molecule is CC1(C)C(=O)N([C@H]2C3CC4CC2C[C@](O)(C4)C3)C1c1cccc(Cl)c1Cl. The first-order valence-electron chi connectivity index (χ1n) is 9.70. The van der Waals surface area contributed by atoms with Gasteiger partial charge in [-0.2, -0.15) is 0 Å². The Balaban J connectivity index is 1.54. The van der Waals surface area contributed by atoms with Crippen LogP contribution in [0.2, 0.25) is 10.0 Å². The Kier molecular flexibility index (Phi) is 3.60. The third kappa shape index (κ3) is 2.20. The summed E-state index contributed by atoms with van der Waals surface area (Å²) in [7, 11) is 0. The van der Waals surface area contributed by atoms with Crippen molar-refractivity contribution in [3.8, 4) is 0 Å². The van der Waals surface area contributed by atoms with E-state index < -0.39 is 11.0 Å². The number of rotatable bonds is 2. The molecule has 1 heterocycles. The molecule has 140 valence electrons. The van der Waals surface area contributed by atoms with E-state index in [1.54, 1.807) is 6.07 Å². The molecule has 0 radical (unpaired) electrons. The van der Waals surface area contributed by atoms with E-state index in [0.29, 0.717) is 27.8 Å². The van der Waals surface area contributed by atoms with Crippen LogP contribution < -0.4 is 0 Å². The molecule has 1 aromatic rings. The Morgan fingerprint density at radius 2 is 1.77 bits per heavy atom. The van der Waals surface area contributed by atoms with Crippen LogP contribution in [0.4, 0.5) is 0 Å². The number of β-lactam (4-membered cyclic amide) rings is 1. The zero-order chi connectivity index (χ0) is 18.4. The fourth-order valence-electron chi connectivity index (χ4n) is 6.84. The predicted octanol–water partition coefficient (Wildman–Crippen LogP) is 4.84. The van der Waals surface area contributed by atoms with E-state index in [-0.39, 0.29) is 18.0 Å². The molecule has 6 rings (SSSR count). The van der Waals surface area contributed by atoms with E-state index in [1.165, 1.54) is 0 Å². The topological polar surface area (TPSA) is 40.5 Å². The number of hydrogen-bond donors (Lipinski definition) is 1. The molecule has 5 heteroatoms. The third-order valence-corrected chi connectivity index (χ3v) is 8.37. The van der Waals surface area contributed by atoms with Gasteiger partial charge in [-0.3, -0.25) is 4.79 Å². The average Bonchev–Trinajstić information content (AvgIpc) is 2.55. The van der Waals surface area contributed by atoms with Crippen molar-refractivity contribution in [2.24, 2.45) is 23.2 Å². The summed E-state index contributed by atoms with van der Waals surface area (Å²) in [6.45, 7) is 4.02. The Bertz CT molecular complexity index is 776. The second-order valence-corrected chi connectivity index (χ2v) is 10.4. The fourth-order valence-corrected chi connectivity index (χ4v) is 7.25. The molecule has 1 saturated heterocycles. The highest BCUT2D eigenvalue weighted by atomic mass is 35.5. The van der Waals surface area contributed by atoms with Gasteiger partial charge in [-0.05, 0) is 75.3 Å². The van der Waals surface area contributed by atoms with E-state index in [4.69, 9.17) is 23.2 Å². The van der Waals surface area contributed by atoms with Gasteiger partial charge in [0, 0.05) is 6.04 Å². The largest absolute Gasteiger partial charge is 0.390 e. The molecular weight excluding hydrogens is 369 g/mol. The summed E-state index contributed by atoms with van der Waals surface area (Å²) in [5.74, 6) is 1.66. The predicted molar refractivity (Wildman–Crippen MR) is 102 cm³/mol. The van der Waals surface area contributed by atoms with E-state index in [1.807, 2.05) is 26.0 Å². The summed E-state index contributed by atoms with van der Waals surface area (Å²) in [4.78, 5) is 15.3. The van der Waals surface area contributed by atoms with E-state index in [9.17, 15) is 9.90 Å². The smallest absolute Gasteiger partial charge is 0.231 e. The molecular formula is C21H25Cl2NO2. The fraction of sp³-hybridized carbons (Fsp3) is 0.667. The standard InChI is InChI=1S/C21H25Cl2NO2/c1-20(2)18(14-4-3-5-15(22)16(14)23)24(19(20)25)17-12-6-11-7-13(17)10-21(26,8-11)9-12/h3-5,11-13,17-18,26H,6-10H2,1-2H3/t11?,12?,13?,17-,18?,21-. The molecule has 0 aromatic heterocycles. The van der Waals surface area contributed by atoms with Gasteiger partial charge < -0.3 is 10.0 Å². The molecule has 3 nitrogen and oxygen atoms in total. The van der Waals surface area contributed by atoms with Crippen LogP contribution in [0.3, 0.4) is 0 Å². The number of likely N-dealkylation sites (tertiary alicyclic amines) is 1. The number of amides is 1. The van der Waals surface area contributed by atoms with Crippen LogP contribution in [0.25, 0.3) is 0 Å². The second-order valence-electron chi connectivity index (χ2n) is 9.66.